The minimum atomic E-state index is -0.132. The van der Waals surface area contributed by atoms with Crippen molar-refractivity contribution in [3.8, 4) is 85.1 Å². The van der Waals surface area contributed by atoms with Gasteiger partial charge >= 0.3 is 0 Å². The second-order valence-corrected chi connectivity index (χ2v) is 32.0. The van der Waals surface area contributed by atoms with Crippen molar-refractivity contribution in [2.75, 3.05) is 9.80 Å². The predicted molar refractivity (Wildman–Crippen MR) is 434 cm³/mol. The number of rotatable bonds is 10. The Labute approximate surface area is 610 Å². The Morgan fingerprint density at radius 2 is 0.606 bits per heavy atom. The molecule has 12 aromatic carbocycles. The Bertz CT molecular complexity index is 5390. The van der Waals surface area contributed by atoms with Crippen molar-refractivity contribution in [2.45, 2.75) is 105 Å². The smallest absolute Gasteiger partial charge is 0.252 e. The molecule has 0 amide bonds. The topological polar surface area (TPSA) is 88.8 Å². The third-order valence-corrected chi connectivity index (χ3v) is 20.8. The molecule has 0 aliphatic carbocycles. The fourth-order valence-electron chi connectivity index (χ4n) is 15.2. The molecule has 104 heavy (non-hydrogen) atoms. The van der Waals surface area contributed by atoms with E-state index in [0.29, 0.717) is 34.9 Å². The summed E-state index contributed by atoms with van der Waals surface area (Å²) in [6.07, 6.45) is 0. The first-order chi connectivity index (χ1) is 50.1. The van der Waals surface area contributed by atoms with Crippen LogP contribution in [0.2, 0.25) is 0 Å². The molecule has 0 N–H and O–H groups in total. The summed E-state index contributed by atoms with van der Waals surface area (Å²) >= 11 is 0. The van der Waals surface area contributed by atoms with Crippen LogP contribution in [0.3, 0.4) is 0 Å². The van der Waals surface area contributed by atoms with Crippen molar-refractivity contribution in [3.05, 3.63) is 301 Å². The zero-order valence-corrected chi connectivity index (χ0v) is 61.2. The number of aromatic nitrogens is 7. The highest BCUT2D eigenvalue weighted by molar-refractivity contribution is 7.00. The highest BCUT2D eigenvalue weighted by Gasteiger charge is 2.44. The van der Waals surface area contributed by atoms with Crippen LogP contribution >= 0.6 is 0 Å². The lowest BCUT2D eigenvalue weighted by Gasteiger charge is -2.45. The Morgan fingerprint density at radius 3 is 1.00 bits per heavy atom. The Balaban J connectivity index is 0.960. The molecule has 2 aliphatic rings. The molecule has 5 heterocycles. The lowest BCUT2D eigenvalue weighted by atomic mass is 9.33. The number of anilines is 6. The largest absolute Gasteiger partial charge is 0.311 e. The van der Waals surface area contributed by atoms with Crippen LogP contribution < -0.4 is 26.2 Å². The van der Waals surface area contributed by atoms with Gasteiger partial charge in [-0.05, 0) is 150 Å². The molecule has 0 radical (unpaired) electrons. The standard InChI is InChI=1S/C94H82BN9/c1-91(2,3)65-53-66(92(4,5)6)56-69(55-65)102-79-46-29-26-43-75(79)95-76-44-27-30-47-80(76)103(70-57-67(93(7,8)9)54-68(58-70)94(10,11)12)82-52-64(51-81(102)83(82)95)63-48-49-78-74(50-63)71-40-25-28-45-77(71)104(78)84-72(89-98-85(59-32-17-13-18-33-59)96-86(99-89)60-34-19-14-20-35-60)41-31-42-73(84)90-100-87(61-36-21-15-22-37-61)97-88(101-90)62-38-23-16-24-39-62/h13-58H,1-12H3. The molecule has 10 heteroatoms. The van der Waals surface area contributed by atoms with Crippen LogP contribution in [-0.2, 0) is 21.7 Å². The fraction of sp³-hybridized carbons (Fsp3) is 0.170. The van der Waals surface area contributed by atoms with Gasteiger partial charge in [0.1, 0.15) is 0 Å². The molecule has 0 fully saturated rings. The van der Waals surface area contributed by atoms with Crippen molar-refractivity contribution in [3.63, 3.8) is 0 Å². The van der Waals surface area contributed by atoms with Gasteiger partial charge < -0.3 is 14.4 Å². The van der Waals surface area contributed by atoms with Crippen molar-refractivity contribution >= 4 is 79.0 Å². The summed E-state index contributed by atoms with van der Waals surface area (Å²) in [5.41, 5.74) is 25.4. The minimum absolute atomic E-state index is 0.0710. The molecule has 506 valence electrons. The second kappa shape index (κ2) is 25.0. The first kappa shape index (κ1) is 65.4. The van der Waals surface area contributed by atoms with Gasteiger partial charge in [-0.15, -0.1) is 0 Å². The van der Waals surface area contributed by atoms with Crippen LogP contribution in [0.4, 0.5) is 34.1 Å². The second-order valence-electron chi connectivity index (χ2n) is 32.0. The summed E-state index contributed by atoms with van der Waals surface area (Å²) in [6.45, 7) is 28.0. The molecular weight excluding hydrogens is 1270 g/mol. The van der Waals surface area contributed by atoms with Gasteiger partial charge in [-0.25, -0.2) is 29.9 Å². The minimum Gasteiger partial charge on any atom is -0.311 e. The van der Waals surface area contributed by atoms with Crippen molar-refractivity contribution in [1.29, 1.82) is 0 Å². The molecule has 0 spiro atoms. The van der Waals surface area contributed by atoms with Gasteiger partial charge in [0, 0.05) is 78.3 Å². The molecular formula is C94H82BN9. The van der Waals surface area contributed by atoms with Crippen LogP contribution in [0, 0.1) is 0 Å². The van der Waals surface area contributed by atoms with E-state index < -0.39 is 0 Å². The zero-order chi connectivity index (χ0) is 71.6. The molecule has 3 aromatic heterocycles. The average molecular weight is 1350 g/mol. The van der Waals surface area contributed by atoms with Crippen LogP contribution in [-0.4, -0.2) is 41.2 Å². The number of benzene rings is 12. The third kappa shape index (κ3) is 11.6. The first-order valence-electron chi connectivity index (χ1n) is 36.3. The zero-order valence-electron chi connectivity index (χ0n) is 61.2. The lowest BCUT2D eigenvalue weighted by molar-refractivity contribution is 0.568. The SMILES string of the molecule is CC(C)(C)c1cc(N2c3ccccc3B3c4ccccc4N(c4cc(C(C)(C)C)cc(C(C)(C)C)c4)c4cc(-c5ccc6c(c5)c5ccccc5n6-c5c(-c6nc(-c7ccccc7)nc(-c7ccccc7)n6)cccc5-c5nc(-c6ccccc6)nc(-c6ccccc6)n5)cc2c43)cc(C(C)(C)C)c1. The molecule has 9 nitrogen and oxygen atoms in total. The van der Waals surface area contributed by atoms with Gasteiger partial charge in [0.2, 0.25) is 0 Å². The van der Waals surface area contributed by atoms with Crippen molar-refractivity contribution in [1.82, 2.24) is 34.5 Å². The Morgan fingerprint density at radius 1 is 0.260 bits per heavy atom. The van der Waals surface area contributed by atoms with E-state index >= 15 is 0 Å². The Hall–Kier alpha value is -11.9. The monoisotopic (exact) mass is 1350 g/mol. The van der Waals surface area contributed by atoms with Gasteiger partial charge in [0.05, 0.1) is 16.7 Å². The maximum absolute atomic E-state index is 5.46. The summed E-state index contributed by atoms with van der Waals surface area (Å²) in [5, 5.41) is 2.15. The highest BCUT2D eigenvalue weighted by Crippen LogP contribution is 2.50. The van der Waals surface area contributed by atoms with Crippen LogP contribution in [0.1, 0.15) is 105 Å². The fourth-order valence-corrected chi connectivity index (χ4v) is 15.2. The summed E-state index contributed by atoms with van der Waals surface area (Å²) in [4.78, 5) is 37.5. The molecule has 0 unspecified atom stereocenters. The van der Waals surface area contributed by atoms with Gasteiger partial charge in [-0.3, -0.25) is 0 Å². The van der Waals surface area contributed by atoms with Crippen LogP contribution in [0.25, 0.3) is 107 Å². The molecule has 0 atom stereocenters. The van der Waals surface area contributed by atoms with E-state index in [-0.39, 0.29) is 28.4 Å². The molecule has 15 aromatic rings. The van der Waals surface area contributed by atoms with Crippen molar-refractivity contribution in [2.24, 2.45) is 0 Å². The normalized spacial score (nSPS) is 12.9. The number of hydrogen-bond acceptors (Lipinski definition) is 8. The summed E-state index contributed by atoms with van der Waals surface area (Å²) in [5.74, 6) is 3.24. The number of fused-ring (bicyclic) bond motifs is 7. The molecule has 0 saturated carbocycles. The van der Waals surface area contributed by atoms with Gasteiger partial charge in [-0.2, -0.15) is 0 Å². The molecule has 0 saturated heterocycles. The summed E-state index contributed by atoms with van der Waals surface area (Å²) < 4.78 is 2.39. The first-order valence-corrected chi connectivity index (χ1v) is 36.3. The van der Waals surface area contributed by atoms with E-state index in [1.807, 2.05) is 72.8 Å². The quantitative estimate of drug-likeness (QED) is 0.125. The maximum atomic E-state index is 5.46. The number of nitrogens with zero attached hydrogens (tertiary/aromatic N) is 9. The van der Waals surface area contributed by atoms with E-state index in [1.54, 1.807) is 0 Å². The number of para-hydroxylation sites is 4. The highest BCUT2D eigenvalue weighted by atomic mass is 15.2. The molecule has 2 aliphatic heterocycles. The van der Waals surface area contributed by atoms with Gasteiger partial charge in [-0.1, -0.05) is 283 Å². The lowest BCUT2D eigenvalue weighted by Crippen LogP contribution is -2.61. The van der Waals surface area contributed by atoms with Gasteiger partial charge in [0.25, 0.3) is 6.71 Å². The van der Waals surface area contributed by atoms with Crippen LogP contribution in [0.15, 0.2) is 279 Å². The van der Waals surface area contributed by atoms with Crippen LogP contribution in [0.5, 0.6) is 0 Å². The summed E-state index contributed by atoms with van der Waals surface area (Å²) in [7, 11) is 0. The van der Waals surface area contributed by atoms with E-state index in [2.05, 4.69) is 304 Å². The third-order valence-electron chi connectivity index (χ3n) is 20.8. The molecule has 17 rings (SSSR count). The van der Waals surface area contributed by atoms with E-state index in [1.165, 1.54) is 50.0 Å². The van der Waals surface area contributed by atoms with Gasteiger partial charge in [0.15, 0.2) is 34.9 Å². The van der Waals surface area contributed by atoms with Crippen molar-refractivity contribution < 1.29 is 0 Å². The summed E-state index contributed by atoms with van der Waals surface area (Å²) in [6, 6.07) is 101. The number of hydrogen-bond donors (Lipinski definition) is 0. The van der Waals surface area contributed by atoms with E-state index in [0.717, 1.165) is 94.8 Å². The molecule has 0 bridgehead atoms. The maximum Gasteiger partial charge on any atom is 0.252 e. The van der Waals surface area contributed by atoms with E-state index in [9.17, 15) is 0 Å². The predicted octanol–water partition coefficient (Wildman–Crippen LogP) is 22.1. The Kier molecular flexibility index (Phi) is 15.7. The van der Waals surface area contributed by atoms with E-state index in [4.69, 9.17) is 29.9 Å². The average Bonchev–Trinajstić information content (AvgIpc) is 0.728.